The van der Waals surface area contributed by atoms with Crippen LogP contribution in [0, 0.1) is 6.92 Å². The summed E-state index contributed by atoms with van der Waals surface area (Å²) in [5, 5.41) is 2.73. The summed E-state index contributed by atoms with van der Waals surface area (Å²) in [5.74, 6) is -0.181. The number of aryl methyl sites for hydroxylation is 1. The molecule has 1 aliphatic rings. The molecule has 0 spiro atoms. The molecule has 1 fully saturated rings. The van der Waals surface area contributed by atoms with Crippen LogP contribution in [0.15, 0.2) is 39.8 Å². The van der Waals surface area contributed by atoms with Crippen molar-refractivity contribution in [3.05, 3.63) is 47.7 Å². The van der Waals surface area contributed by atoms with Crippen LogP contribution < -0.4 is 5.32 Å². The van der Waals surface area contributed by atoms with Crippen LogP contribution in [0.25, 0.3) is 0 Å². The fraction of sp³-hybridized carbons (Fsp3) is 0.412. The van der Waals surface area contributed by atoms with Gasteiger partial charge in [-0.25, -0.2) is 8.42 Å². The number of nitrogens with one attached hydrogen (secondary N) is 1. The Bertz CT molecular complexity index is 840. The molecule has 7 nitrogen and oxygen atoms in total. The third-order valence-electron chi connectivity index (χ3n) is 4.17. The minimum absolute atomic E-state index is 0.0105. The van der Waals surface area contributed by atoms with E-state index in [1.807, 2.05) is 18.2 Å². The van der Waals surface area contributed by atoms with Crippen LogP contribution >= 0.6 is 0 Å². The lowest BCUT2D eigenvalue weighted by molar-refractivity contribution is 0.0925. The highest BCUT2D eigenvalue weighted by atomic mass is 32.2. The second-order valence-electron chi connectivity index (χ2n) is 5.97. The van der Waals surface area contributed by atoms with E-state index in [-0.39, 0.29) is 16.4 Å². The fourth-order valence-electron chi connectivity index (χ4n) is 2.84. The van der Waals surface area contributed by atoms with E-state index in [1.165, 1.54) is 10.4 Å². The summed E-state index contributed by atoms with van der Waals surface area (Å²) in [6.07, 6.45) is 4.00. The zero-order chi connectivity index (χ0) is 17.9. The van der Waals surface area contributed by atoms with Crippen molar-refractivity contribution in [3.8, 4) is 0 Å². The summed E-state index contributed by atoms with van der Waals surface area (Å²) in [4.78, 5) is 16.5. The van der Waals surface area contributed by atoms with E-state index in [0.717, 1.165) is 18.5 Å². The molecular weight excluding hydrogens is 342 g/mol. The van der Waals surface area contributed by atoms with Gasteiger partial charge in [0.2, 0.25) is 10.0 Å². The number of carbonyl (C=O) groups is 1. The van der Waals surface area contributed by atoms with Gasteiger partial charge in [0.1, 0.15) is 10.7 Å². The van der Waals surface area contributed by atoms with Crippen molar-refractivity contribution in [2.75, 3.05) is 19.6 Å². The molecule has 0 bridgehead atoms. The van der Waals surface area contributed by atoms with Crippen molar-refractivity contribution in [3.63, 3.8) is 0 Å². The maximum Gasteiger partial charge on any atom is 0.287 e. The molecule has 2 aromatic heterocycles. The average molecular weight is 363 g/mol. The van der Waals surface area contributed by atoms with E-state index in [2.05, 4.69) is 10.3 Å². The number of rotatable bonds is 6. The molecule has 0 aliphatic carbocycles. The van der Waals surface area contributed by atoms with Gasteiger partial charge in [0, 0.05) is 44.0 Å². The Hall–Kier alpha value is -2.19. The second kappa shape index (κ2) is 7.37. The van der Waals surface area contributed by atoms with Crippen molar-refractivity contribution in [2.45, 2.75) is 31.1 Å². The number of amides is 1. The van der Waals surface area contributed by atoms with Crippen LogP contribution in [0.2, 0.25) is 0 Å². The SMILES string of the molecule is Cc1oc(C(=O)NCCc2ccccn2)cc1S(=O)(=O)N1CCCC1. The van der Waals surface area contributed by atoms with Gasteiger partial charge in [-0.15, -0.1) is 0 Å². The van der Waals surface area contributed by atoms with Crippen molar-refractivity contribution < 1.29 is 17.6 Å². The highest BCUT2D eigenvalue weighted by Gasteiger charge is 2.31. The van der Waals surface area contributed by atoms with Gasteiger partial charge in [-0.1, -0.05) is 6.07 Å². The summed E-state index contributed by atoms with van der Waals surface area (Å²) in [6, 6.07) is 6.91. The molecule has 3 heterocycles. The molecular formula is C17H21N3O4S. The van der Waals surface area contributed by atoms with E-state index in [4.69, 9.17) is 4.42 Å². The van der Waals surface area contributed by atoms with Crippen LogP contribution in [-0.4, -0.2) is 43.2 Å². The normalized spacial score (nSPS) is 15.4. The van der Waals surface area contributed by atoms with Crippen LogP contribution in [0.1, 0.15) is 34.9 Å². The lowest BCUT2D eigenvalue weighted by atomic mass is 10.2. The number of hydrogen-bond acceptors (Lipinski definition) is 5. The zero-order valence-electron chi connectivity index (χ0n) is 14.1. The molecule has 25 heavy (non-hydrogen) atoms. The molecule has 1 amide bonds. The smallest absolute Gasteiger partial charge is 0.287 e. The van der Waals surface area contributed by atoms with Crippen LogP contribution in [0.5, 0.6) is 0 Å². The van der Waals surface area contributed by atoms with Gasteiger partial charge in [-0.2, -0.15) is 4.31 Å². The molecule has 134 valence electrons. The van der Waals surface area contributed by atoms with Crippen molar-refractivity contribution in [2.24, 2.45) is 0 Å². The lowest BCUT2D eigenvalue weighted by Gasteiger charge is -2.14. The van der Waals surface area contributed by atoms with Gasteiger partial charge >= 0.3 is 0 Å². The average Bonchev–Trinajstić information content (AvgIpc) is 3.26. The highest BCUT2D eigenvalue weighted by Crippen LogP contribution is 2.26. The lowest BCUT2D eigenvalue weighted by Crippen LogP contribution is -2.28. The predicted molar refractivity (Wildman–Crippen MR) is 91.7 cm³/mol. The van der Waals surface area contributed by atoms with Crippen molar-refractivity contribution in [1.82, 2.24) is 14.6 Å². The Balaban J connectivity index is 1.66. The third kappa shape index (κ3) is 3.91. The van der Waals surface area contributed by atoms with Crippen molar-refractivity contribution in [1.29, 1.82) is 0 Å². The Labute approximate surface area is 147 Å². The molecule has 0 atom stereocenters. The van der Waals surface area contributed by atoms with E-state index in [9.17, 15) is 13.2 Å². The molecule has 1 N–H and O–H groups in total. The summed E-state index contributed by atoms with van der Waals surface area (Å²) in [5.41, 5.74) is 0.871. The zero-order valence-corrected chi connectivity index (χ0v) is 14.9. The van der Waals surface area contributed by atoms with Gasteiger partial charge in [0.25, 0.3) is 5.91 Å². The van der Waals surface area contributed by atoms with E-state index in [0.29, 0.717) is 26.1 Å². The number of furan rings is 1. The van der Waals surface area contributed by atoms with Gasteiger partial charge in [0.05, 0.1) is 0 Å². The number of nitrogens with zero attached hydrogens (tertiary/aromatic N) is 2. The molecule has 8 heteroatoms. The Morgan fingerprint density at radius 3 is 2.76 bits per heavy atom. The number of aromatic nitrogens is 1. The largest absolute Gasteiger partial charge is 0.455 e. The Kier molecular flexibility index (Phi) is 5.19. The van der Waals surface area contributed by atoms with E-state index >= 15 is 0 Å². The van der Waals surface area contributed by atoms with E-state index in [1.54, 1.807) is 13.1 Å². The number of sulfonamides is 1. The molecule has 0 unspecified atom stereocenters. The first-order chi connectivity index (χ1) is 12.0. The predicted octanol–water partition coefficient (Wildman–Crippen LogP) is 1.74. The molecule has 3 rings (SSSR count). The standard InChI is InChI=1S/C17H21N3O4S/c1-13-16(25(22,23)20-10-4-5-11-20)12-15(24-13)17(21)19-9-7-14-6-2-3-8-18-14/h2-3,6,8,12H,4-5,7,9-11H2,1H3,(H,19,21). The molecule has 1 aliphatic heterocycles. The first kappa shape index (κ1) is 17.6. The molecule has 0 saturated carbocycles. The second-order valence-corrected chi connectivity index (χ2v) is 7.88. The minimum atomic E-state index is -3.60. The highest BCUT2D eigenvalue weighted by molar-refractivity contribution is 7.89. The summed E-state index contributed by atoms with van der Waals surface area (Å²) in [7, 11) is -3.60. The minimum Gasteiger partial charge on any atom is -0.455 e. The molecule has 0 radical (unpaired) electrons. The maximum atomic E-state index is 12.6. The van der Waals surface area contributed by atoms with Crippen LogP contribution in [-0.2, 0) is 16.4 Å². The topological polar surface area (TPSA) is 92.5 Å². The molecule has 1 saturated heterocycles. The summed E-state index contributed by atoms with van der Waals surface area (Å²) < 4.78 is 32.1. The summed E-state index contributed by atoms with van der Waals surface area (Å²) >= 11 is 0. The van der Waals surface area contributed by atoms with Crippen LogP contribution in [0.3, 0.4) is 0 Å². The van der Waals surface area contributed by atoms with Crippen LogP contribution in [0.4, 0.5) is 0 Å². The molecule has 2 aromatic rings. The maximum absolute atomic E-state index is 12.6. The van der Waals surface area contributed by atoms with Gasteiger partial charge < -0.3 is 9.73 Å². The van der Waals surface area contributed by atoms with Gasteiger partial charge in [0.15, 0.2) is 5.76 Å². The third-order valence-corrected chi connectivity index (χ3v) is 6.18. The Morgan fingerprint density at radius 1 is 1.32 bits per heavy atom. The first-order valence-electron chi connectivity index (χ1n) is 8.27. The summed E-state index contributed by atoms with van der Waals surface area (Å²) in [6.45, 7) is 2.98. The fourth-order valence-corrected chi connectivity index (χ4v) is 4.52. The first-order valence-corrected chi connectivity index (χ1v) is 9.71. The van der Waals surface area contributed by atoms with Gasteiger partial charge in [-0.05, 0) is 31.9 Å². The van der Waals surface area contributed by atoms with Crippen molar-refractivity contribution >= 4 is 15.9 Å². The Morgan fingerprint density at radius 2 is 2.08 bits per heavy atom. The molecule has 0 aromatic carbocycles. The van der Waals surface area contributed by atoms with E-state index < -0.39 is 15.9 Å². The monoisotopic (exact) mass is 363 g/mol. The number of carbonyl (C=O) groups excluding carboxylic acids is 1. The van der Waals surface area contributed by atoms with Gasteiger partial charge in [-0.3, -0.25) is 9.78 Å². The quantitative estimate of drug-likeness (QED) is 0.844. The number of hydrogen-bond donors (Lipinski definition) is 1. The number of pyridine rings is 1.